The predicted octanol–water partition coefficient (Wildman–Crippen LogP) is 2.65. The van der Waals surface area contributed by atoms with Crippen LogP contribution in [0.1, 0.15) is 45.1 Å². The van der Waals surface area contributed by atoms with Crippen molar-refractivity contribution < 1.29 is 8.42 Å². The average Bonchev–Trinajstić information content (AvgIpc) is 3.26. The summed E-state index contributed by atoms with van der Waals surface area (Å²) >= 11 is 0. The number of nitrogens with one attached hydrogen (secondary N) is 2. The van der Waals surface area contributed by atoms with Crippen LogP contribution in [0.2, 0.25) is 0 Å². The van der Waals surface area contributed by atoms with Crippen molar-refractivity contribution in [1.29, 1.82) is 0 Å². The van der Waals surface area contributed by atoms with Crippen molar-refractivity contribution in [2.75, 3.05) is 6.54 Å². The zero-order valence-corrected chi connectivity index (χ0v) is 13.7. The summed E-state index contributed by atoms with van der Waals surface area (Å²) in [5, 5.41) is 3.27. The summed E-state index contributed by atoms with van der Waals surface area (Å²) < 4.78 is 27.6. The molecule has 1 aliphatic carbocycles. The van der Waals surface area contributed by atoms with Gasteiger partial charge in [-0.25, -0.2) is 13.1 Å². The third-order valence-corrected chi connectivity index (χ3v) is 5.30. The Labute approximate surface area is 128 Å². The molecule has 0 aromatic heterocycles. The predicted molar refractivity (Wildman–Crippen MR) is 85.6 cm³/mol. The molecule has 0 saturated heterocycles. The van der Waals surface area contributed by atoms with E-state index in [1.807, 2.05) is 26.0 Å². The van der Waals surface area contributed by atoms with E-state index in [0.29, 0.717) is 24.0 Å². The molecular weight excluding hydrogens is 284 g/mol. The van der Waals surface area contributed by atoms with Crippen molar-refractivity contribution in [3.05, 3.63) is 29.8 Å². The van der Waals surface area contributed by atoms with E-state index in [-0.39, 0.29) is 0 Å². The number of rotatable bonds is 9. The molecule has 0 bridgehead atoms. The molecule has 1 aromatic carbocycles. The Morgan fingerprint density at radius 3 is 2.62 bits per heavy atom. The van der Waals surface area contributed by atoms with Crippen LogP contribution >= 0.6 is 0 Å². The highest BCUT2D eigenvalue weighted by Crippen LogP contribution is 2.33. The quantitative estimate of drug-likeness (QED) is 0.689. The van der Waals surface area contributed by atoms with Gasteiger partial charge in [0, 0.05) is 19.1 Å². The van der Waals surface area contributed by atoms with Crippen molar-refractivity contribution in [2.45, 2.75) is 57.0 Å². The molecule has 0 spiro atoms. The maximum Gasteiger partial charge on any atom is 0.240 e. The molecule has 0 unspecified atom stereocenters. The Hall–Kier alpha value is -0.910. The molecule has 1 aliphatic rings. The highest BCUT2D eigenvalue weighted by Gasteiger charge is 2.21. The lowest BCUT2D eigenvalue weighted by molar-refractivity contribution is 0.563. The second-order valence-corrected chi connectivity index (χ2v) is 7.86. The summed E-state index contributed by atoms with van der Waals surface area (Å²) in [7, 11) is -3.41. The topological polar surface area (TPSA) is 58.2 Å². The molecule has 4 nitrogen and oxygen atoms in total. The van der Waals surface area contributed by atoms with Crippen molar-refractivity contribution >= 4 is 10.0 Å². The van der Waals surface area contributed by atoms with Crippen LogP contribution in [-0.4, -0.2) is 21.0 Å². The molecule has 2 N–H and O–H groups in total. The van der Waals surface area contributed by atoms with Crippen molar-refractivity contribution in [2.24, 2.45) is 5.92 Å². The highest BCUT2D eigenvalue weighted by atomic mass is 32.2. The number of benzene rings is 1. The monoisotopic (exact) mass is 310 g/mol. The van der Waals surface area contributed by atoms with Gasteiger partial charge in [0.05, 0.1) is 4.90 Å². The molecule has 2 rings (SSSR count). The summed E-state index contributed by atoms with van der Waals surface area (Å²) in [6.45, 7) is 5.20. The van der Waals surface area contributed by atoms with Crippen LogP contribution < -0.4 is 10.0 Å². The first kappa shape index (κ1) is 16.5. The fourth-order valence-electron chi connectivity index (χ4n) is 2.31. The third kappa shape index (κ3) is 5.41. The van der Waals surface area contributed by atoms with Gasteiger partial charge in [-0.2, -0.15) is 0 Å². The van der Waals surface area contributed by atoms with E-state index in [4.69, 9.17) is 0 Å². The maximum atomic E-state index is 12.4. The zero-order valence-electron chi connectivity index (χ0n) is 12.9. The van der Waals surface area contributed by atoms with E-state index in [2.05, 4.69) is 10.0 Å². The highest BCUT2D eigenvalue weighted by molar-refractivity contribution is 7.89. The Balaban J connectivity index is 1.96. The van der Waals surface area contributed by atoms with Crippen LogP contribution in [0.4, 0.5) is 0 Å². The molecule has 21 heavy (non-hydrogen) atoms. The van der Waals surface area contributed by atoms with Gasteiger partial charge in [-0.15, -0.1) is 0 Å². The van der Waals surface area contributed by atoms with E-state index in [1.165, 1.54) is 12.8 Å². The molecule has 0 atom stereocenters. The minimum absolute atomic E-state index is 0.326. The van der Waals surface area contributed by atoms with Gasteiger partial charge in [-0.05, 0) is 30.4 Å². The molecule has 1 saturated carbocycles. The van der Waals surface area contributed by atoms with Crippen molar-refractivity contribution in [1.82, 2.24) is 10.0 Å². The van der Waals surface area contributed by atoms with Crippen LogP contribution in [0.3, 0.4) is 0 Å². The summed E-state index contributed by atoms with van der Waals surface area (Å²) in [4.78, 5) is 0.393. The maximum absolute atomic E-state index is 12.4. The van der Waals surface area contributed by atoms with Gasteiger partial charge < -0.3 is 5.32 Å². The van der Waals surface area contributed by atoms with Gasteiger partial charge in [0.15, 0.2) is 0 Å². The average molecular weight is 310 g/mol. The van der Waals surface area contributed by atoms with Crippen molar-refractivity contribution in [3.8, 4) is 0 Å². The summed E-state index contributed by atoms with van der Waals surface area (Å²) in [5.74, 6) is 0.844. The van der Waals surface area contributed by atoms with E-state index >= 15 is 0 Å². The van der Waals surface area contributed by atoms with Gasteiger partial charge >= 0.3 is 0 Å². The first-order chi connectivity index (χ1) is 9.99. The normalized spacial score (nSPS) is 15.6. The first-order valence-corrected chi connectivity index (χ1v) is 9.28. The zero-order chi connectivity index (χ0) is 15.3. The van der Waals surface area contributed by atoms with Crippen LogP contribution in [-0.2, 0) is 16.6 Å². The van der Waals surface area contributed by atoms with Crippen LogP contribution in [0, 0.1) is 5.92 Å². The van der Waals surface area contributed by atoms with E-state index in [1.54, 1.807) is 12.1 Å². The van der Waals surface area contributed by atoms with Crippen LogP contribution in [0.5, 0.6) is 0 Å². The molecule has 5 heteroatoms. The van der Waals surface area contributed by atoms with Gasteiger partial charge in [0.1, 0.15) is 0 Å². The van der Waals surface area contributed by atoms with Gasteiger partial charge in [0.2, 0.25) is 10.0 Å². The van der Waals surface area contributed by atoms with Gasteiger partial charge in [-0.3, -0.25) is 0 Å². The summed E-state index contributed by atoms with van der Waals surface area (Å²) in [6.07, 6.45) is 4.70. The van der Waals surface area contributed by atoms with Crippen LogP contribution in [0.15, 0.2) is 29.2 Å². The SMILES string of the molecule is CC(C)NCc1ccccc1S(=O)(=O)NCCCC1CC1. The van der Waals surface area contributed by atoms with Gasteiger partial charge in [-0.1, -0.05) is 44.9 Å². The summed E-state index contributed by atoms with van der Waals surface area (Å²) in [5.41, 5.74) is 0.820. The fourth-order valence-corrected chi connectivity index (χ4v) is 3.62. The lowest BCUT2D eigenvalue weighted by Gasteiger charge is -2.13. The molecular formula is C16H26N2O2S. The molecule has 118 valence electrons. The number of sulfonamides is 1. The largest absolute Gasteiger partial charge is 0.310 e. The molecule has 1 aromatic rings. The lowest BCUT2D eigenvalue weighted by Crippen LogP contribution is -2.28. The lowest BCUT2D eigenvalue weighted by atomic mass is 10.2. The van der Waals surface area contributed by atoms with Gasteiger partial charge in [0.25, 0.3) is 0 Å². The standard InChI is InChI=1S/C16H26N2O2S/c1-13(2)17-12-15-7-3-4-8-16(15)21(19,20)18-11-5-6-14-9-10-14/h3-4,7-8,13-14,17-18H,5-6,9-12H2,1-2H3. The smallest absolute Gasteiger partial charge is 0.240 e. The summed E-state index contributed by atoms with van der Waals surface area (Å²) in [6, 6.07) is 7.53. The van der Waals surface area contributed by atoms with E-state index in [9.17, 15) is 8.42 Å². The Morgan fingerprint density at radius 1 is 1.24 bits per heavy atom. The molecule has 0 heterocycles. The number of hydrogen-bond donors (Lipinski definition) is 2. The molecule has 1 fully saturated rings. The first-order valence-electron chi connectivity index (χ1n) is 7.80. The van der Waals surface area contributed by atoms with Crippen LogP contribution in [0.25, 0.3) is 0 Å². The fraction of sp³-hybridized carbons (Fsp3) is 0.625. The molecule has 0 radical (unpaired) electrons. The minimum atomic E-state index is -3.41. The molecule has 0 aliphatic heterocycles. The van der Waals surface area contributed by atoms with E-state index in [0.717, 1.165) is 24.3 Å². The van der Waals surface area contributed by atoms with Crippen molar-refractivity contribution in [3.63, 3.8) is 0 Å². The Kier molecular flexibility index (Phi) is 5.79. The second-order valence-electron chi connectivity index (χ2n) is 6.13. The second kappa shape index (κ2) is 7.38. The molecule has 0 amide bonds. The number of hydrogen-bond acceptors (Lipinski definition) is 3. The van der Waals surface area contributed by atoms with E-state index < -0.39 is 10.0 Å². The Bertz CT molecular complexity index is 551. The third-order valence-electron chi connectivity index (χ3n) is 3.74. The Morgan fingerprint density at radius 2 is 1.95 bits per heavy atom. The minimum Gasteiger partial charge on any atom is -0.310 e.